The molecule has 0 aliphatic carbocycles. The van der Waals surface area contributed by atoms with Crippen molar-refractivity contribution >= 4 is 28.8 Å². The van der Waals surface area contributed by atoms with Gasteiger partial charge >= 0.3 is 0 Å². The number of aromatic nitrogens is 2. The van der Waals surface area contributed by atoms with E-state index in [-0.39, 0.29) is 18.4 Å². The molecule has 0 saturated carbocycles. The normalized spacial score (nSPS) is 17.5. The van der Waals surface area contributed by atoms with Crippen molar-refractivity contribution < 1.29 is 9.59 Å². The highest BCUT2D eigenvalue weighted by Gasteiger charge is 2.49. The lowest BCUT2D eigenvalue weighted by molar-refractivity contribution is -0.126. The van der Waals surface area contributed by atoms with Gasteiger partial charge in [0.25, 0.3) is 5.91 Å². The topological polar surface area (TPSA) is 67.2 Å². The molecule has 172 valence electrons. The lowest BCUT2D eigenvalue weighted by Crippen LogP contribution is -2.64. The molecule has 1 N–H and O–H groups in total. The first-order valence-electron chi connectivity index (χ1n) is 11.2. The number of anilines is 1. The summed E-state index contributed by atoms with van der Waals surface area (Å²) in [5, 5.41) is 9.75. The number of benzene rings is 2. The molecule has 2 aromatic carbocycles. The predicted octanol–water partition coefficient (Wildman–Crippen LogP) is 4.96. The molecular formula is C27H26N4O2S. The van der Waals surface area contributed by atoms with Gasteiger partial charge in [-0.1, -0.05) is 48.5 Å². The highest BCUT2D eigenvalue weighted by molar-refractivity contribution is 7.13. The number of carbonyl (C=O) groups excluding carboxylic acids is 2. The molecule has 7 heteroatoms. The van der Waals surface area contributed by atoms with Crippen molar-refractivity contribution in [3.8, 4) is 10.6 Å². The van der Waals surface area contributed by atoms with E-state index in [1.807, 2.05) is 92.9 Å². The Morgan fingerprint density at radius 1 is 1.09 bits per heavy atom. The summed E-state index contributed by atoms with van der Waals surface area (Å²) in [4.78, 5) is 30.3. The van der Waals surface area contributed by atoms with Gasteiger partial charge in [-0.05, 0) is 61.0 Å². The Bertz CT molecular complexity index is 1360. The molecule has 0 fully saturated rings. The molecule has 1 atom stereocenters. The van der Waals surface area contributed by atoms with Crippen molar-refractivity contribution in [3.63, 3.8) is 0 Å². The van der Waals surface area contributed by atoms with Gasteiger partial charge in [0, 0.05) is 12.2 Å². The molecule has 5 rings (SSSR count). The number of hydrogen-bond acceptors (Lipinski definition) is 4. The zero-order valence-electron chi connectivity index (χ0n) is 19.4. The van der Waals surface area contributed by atoms with E-state index in [9.17, 15) is 9.59 Å². The van der Waals surface area contributed by atoms with Gasteiger partial charge in [0.15, 0.2) is 0 Å². The second kappa shape index (κ2) is 8.57. The van der Waals surface area contributed by atoms with E-state index in [4.69, 9.17) is 5.10 Å². The number of nitrogens with one attached hydrogen (secondary N) is 1. The lowest BCUT2D eigenvalue weighted by Gasteiger charge is -2.43. The maximum absolute atomic E-state index is 13.9. The van der Waals surface area contributed by atoms with Gasteiger partial charge in [-0.3, -0.25) is 19.2 Å². The average molecular weight is 471 g/mol. The molecule has 0 spiro atoms. The Kier molecular flexibility index (Phi) is 5.57. The van der Waals surface area contributed by atoms with Crippen LogP contribution >= 0.6 is 11.3 Å². The summed E-state index contributed by atoms with van der Waals surface area (Å²) in [5.41, 5.74) is 3.78. The second-order valence-electron chi connectivity index (χ2n) is 8.92. The molecule has 0 bridgehead atoms. The largest absolute Gasteiger partial charge is 0.350 e. The highest BCUT2D eigenvalue weighted by atomic mass is 32.1. The SMILES string of the molecule is Cc1ccc(C)c(N2C(=O)c3cc(-c4cccs4)nn3CC2(C)C(=O)NCc2ccccc2)c1. The standard InChI is InChI=1S/C27H26N4O2S/c1-18-11-12-19(2)22(14-18)31-25(32)23-15-21(24-10-7-13-34-24)29-30(23)17-27(31,3)26(33)28-16-20-8-5-4-6-9-20/h4-15H,16-17H2,1-3H3,(H,28,33). The minimum atomic E-state index is -1.16. The third-order valence-corrected chi connectivity index (χ3v) is 7.21. The van der Waals surface area contributed by atoms with Gasteiger partial charge in [-0.25, -0.2) is 0 Å². The molecule has 1 unspecified atom stereocenters. The summed E-state index contributed by atoms with van der Waals surface area (Å²) in [6.07, 6.45) is 0. The summed E-state index contributed by atoms with van der Waals surface area (Å²) < 4.78 is 1.68. The zero-order chi connectivity index (χ0) is 23.9. The van der Waals surface area contributed by atoms with Crippen LogP contribution in [-0.4, -0.2) is 27.1 Å². The van der Waals surface area contributed by atoms with Crippen LogP contribution in [-0.2, 0) is 17.9 Å². The molecule has 1 aliphatic rings. The summed E-state index contributed by atoms with van der Waals surface area (Å²) >= 11 is 1.57. The molecule has 6 nitrogen and oxygen atoms in total. The summed E-state index contributed by atoms with van der Waals surface area (Å²) in [7, 11) is 0. The van der Waals surface area contributed by atoms with E-state index in [1.165, 1.54) is 0 Å². The first-order chi connectivity index (χ1) is 16.4. The summed E-state index contributed by atoms with van der Waals surface area (Å²) in [6, 6.07) is 21.5. The van der Waals surface area contributed by atoms with Crippen molar-refractivity contribution in [2.24, 2.45) is 0 Å². The van der Waals surface area contributed by atoms with Crippen molar-refractivity contribution in [2.75, 3.05) is 4.90 Å². The van der Waals surface area contributed by atoms with Crippen LogP contribution in [0.1, 0.15) is 34.1 Å². The molecule has 2 aromatic heterocycles. The van der Waals surface area contributed by atoms with E-state index in [2.05, 4.69) is 5.32 Å². The second-order valence-corrected chi connectivity index (χ2v) is 9.87. The molecule has 4 aromatic rings. The molecule has 3 heterocycles. The fraction of sp³-hybridized carbons (Fsp3) is 0.222. The van der Waals surface area contributed by atoms with Crippen LogP contribution < -0.4 is 10.2 Å². The van der Waals surface area contributed by atoms with E-state index in [1.54, 1.807) is 20.9 Å². The maximum atomic E-state index is 13.9. The van der Waals surface area contributed by atoms with Crippen LogP contribution in [0.4, 0.5) is 5.69 Å². The number of thiophene rings is 1. The third-order valence-electron chi connectivity index (χ3n) is 6.32. The number of carbonyl (C=O) groups is 2. The number of nitrogens with zero attached hydrogens (tertiary/aromatic N) is 3. The van der Waals surface area contributed by atoms with Crippen LogP contribution in [0.2, 0.25) is 0 Å². The zero-order valence-corrected chi connectivity index (χ0v) is 20.2. The van der Waals surface area contributed by atoms with Crippen molar-refractivity contribution in [1.82, 2.24) is 15.1 Å². The molecule has 1 aliphatic heterocycles. The van der Waals surface area contributed by atoms with E-state index >= 15 is 0 Å². The van der Waals surface area contributed by atoms with Crippen LogP contribution in [0, 0.1) is 13.8 Å². The molecular weight excluding hydrogens is 444 g/mol. The Balaban J connectivity index is 1.58. The third kappa shape index (κ3) is 3.82. The van der Waals surface area contributed by atoms with Crippen LogP contribution in [0.15, 0.2) is 72.1 Å². The van der Waals surface area contributed by atoms with E-state index in [0.29, 0.717) is 12.2 Å². The maximum Gasteiger partial charge on any atom is 0.277 e. The first-order valence-corrected chi connectivity index (χ1v) is 12.1. The smallest absolute Gasteiger partial charge is 0.277 e. The Morgan fingerprint density at radius 3 is 2.62 bits per heavy atom. The first kappa shape index (κ1) is 22.1. The molecule has 2 amide bonds. The van der Waals surface area contributed by atoms with E-state index in [0.717, 1.165) is 32.9 Å². The molecule has 0 radical (unpaired) electrons. The fourth-order valence-corrected chi connectivity index (χ4v) is 5.11. The minimum Gasteiger partial charge on any atom is -0.350 e. The monoisotopic (exact) mass is 470 g/mol. The van der Waals surface area contributed by atoms with Gasteiger partial charge in [0.05, 0.1) is 11.4 Å². The predicted molar refractivity (Wildman–Crippen MR) is 135 cm³/mol. The van der Waals surface area contributed by atoms with Crippen LogP contribution in [0.25, 0.3) is 10.6 Å². The Hall–Kier alpha value is -3.71. The lowest BCUT2D eigenvalue weighted by atomic mass is 9.92. The Morgan fingerprint density at radius 2 is 1.88 bits per heavy atom. The van der Waals surface area contributed by atoms with Gasteiger partial charge in [0.1, 0.15) is 16.9 Å². The van der Waals surface area contributed by atoms with Crippen LogP contribution in [0.5, 0.6) is 0 Å². The molecule has 0 saturated heterocycles. The van der Waals surface area contributed by atoms with Gasteiger partial charge in [-0.15, -0.1) is 11.3 Å². The molecule has 34 heavy (non-hydrogen) atoms. The van der Waals surface area contributed by atoms with Gasteiger partial charge in [-0.2, -0.15) is 5.10 Å². The fourth-order valence-electron chi connectivity index (χ4n) is 4.43. The summed E-state index contributed by atoms with van der Waals surface area (Å²) in [5.74, 6) is -0.447. The number of amides is 2. The van der Waals surface area contributed by atoms with Crippen molar-refractivity contribution in [2.45, 2.75) is 39.4 Å². The highest BCUT2D eigenvalue weighted by Crippen LogP contribution is 2.36. The van der Waals surface area contributed by atoms with Crippen molar-refractivity contribution in [1.29, 1.82) is 0 Å². The number of aryl methyl sites for hydroxylation is 2. The summed E-state index contributed by atoms with van der Waals surface area (Å²) in [6.45, 7) is 6.42. The van der Waals surface area contributed by atoms with Crippen molar-refractivity contribution in [3.05, 3.63) is 94.5 Å². The number of hydrogen-bond donors (Lipinski definition) is 1. The average Bonchev–Trinajstić information content (AvgIpc) is 3.50. The van der Waals surface area contributed by atoms with Gasteiger partial charge in [0.2, 0.25) is 5.91 Å². The minimum absolute atomic E-state index is 0.218. The quantitative estimate of drug-likeness (QED) is 0.448. The number of rotatable bonds is 5. The number of fused-ring (bicyclic) bond motifs is 1. The van der Waals surface area contributed by atoms with E-state index < -0.39 is 5.54 Å². The van der Waals surface area contributed by atoms with Crippen LogP contribution in [0.3, 0.4) is 0 Å². The Labute approximate surface area is 202 Å². The van der Waals surface area contributed by atoms with Gasteiger partial charge < -0.3 is 5.32 Å².